The summed E-state index contributed by atoms with van der Waals surface area (Å²) in [6.07, 6.45) is 0. The Labute approximate surface area is 117 Å². The third-order valence-electron chi connectivity index (χ3n) is 3.09. The Balaban J connectivity index is 2.89. The number of hydrogen-bond acceptors (Lipinski definition) is 4. The molecule has 2 N–H and O–H groups in total. The van der Waals surface area contributed by atoms with E-state index in [1.807, 2.05) is 20.8 Å². The van der Waals surface area contributed by atoms with Crippen LogP contribution in [0.4, 0.5) is 0 Å². The van der Waals surface area contributed by atoms with E-state index < -0.39 is 16.0 Å². The summed E-state index contributed by atoms with van der Waals surface area (Å²) in [5, 5.41) is 8.93. The van der Waals surface area contributed by atoms with Crippen LogP contribution >= 0.6 is 11.3 Å². The van der Waals surface area contributed by atoms with Crippen molar-refractivity contribution in [2.45, 2.75) is 31.9 Å². The van der Waals surface area contributed by atoms with E-state index in [0.717, 1.165) is 11.3 Å². The molecule has 0 amide bonds. The van der Waals surface area contributed by atoms with Crippen LogP contribution in [0.1, 0.15) is 36.0 Å². The number of aryl methyl sites for hydroxylation is 1. The van der Waals surface area contributed by atoms with Crippen molar-refractivity contribution in [3.05, 3.63) is 16.5 Å². The molecule has 0 aliphatic carbocycles. The third-order valence-corrected chi connectivity index (χ3v) is 6.21. The Morgan fingerprint density at radius 1 is 1.42 bits per heavy atom. The van der Waals surface area contributed by atoms with Gasteiger partial charge in [-0.25, -0.2) is 17.9 Å². The fourth-order valence-corrected chi connectivity index (χ4v) is 3.91. The van der Waals surface area contributed by atoms with E-state index in [1.165, 1.54) is 6.07 Å². The molecule has 108 valence electrons. The third kappa shape index (κ3) is 4.02. The minimum Gasteiger partial charge on any atom is -0.477 e. The second-order valence-electron chi connectivity index (χ2n) is 4.96. The quantitative estimate of drug-likeness (QED) is 0.845. The van der Waals surface area contributed by atoms with Crippen molar-refractivity contribution in [3.8, 4) is 0 Å². The Bertz CT molecular complexity index is 560. The maximum Gasteiger partial charge on any atom is 0.346 e. The molecule has 0 saturated carbocycles. The lowest BCUT2D eigenvalue weighted by Gasteiger charge is -2.15. The molecule has 7 heteroatoms. The van der Waals surface area contributed by atoms with Crippen molar-refractivity contribution in [2.24, 2.45) is 11.8 Å². The minimum absolute atomic E-state index is 0.0540. The zero-order valence-electron chi connectivity index (χ0n) is 11.4. The van der Waals surface area contributed by atoms with E-state index in [2.05, 4.69) is 4.72 Å². The highest BCUT2D eigenvalue weighted by Gasteiger charge is 2.22. The summed E-state index contributed by atoms with van der Waals surface area (Å²) < 4.78 is 26.7. The van der Waals surface area contributed by atoms with Crippen molar-refractivity contribution in [3.63, 3.8) is 0 Å². The van der Waals surface area contributed by atoms with Crippen LogP contribution < -0.4 is 4.72 Å². The smallest absolute Gasteiger partial charge is 0.346 e. The van der Waals surface area contributed by atoms with Crippen LogP contribution in [0.3, 0.4) is 0 Å². The van der Waals surface area contributed by atoms with Gasteiger partial charge in [0.25, 0.3) is 0 Å². The second kappa shape index (κ2) is 6.02. The molecule has 1 atom stereocenters. The van der Waals surface area contributed by atoms with Gasteiger partial charge in [-0.2, -0.15) is 0 Å². The standard InChI is InChI=1S/C12H19NO4S2/c1-7(2)9(4)6-13-19(16,17)10-5-8(3)11(18-10)12(14)15/h5,7,9,13H,6H2,1-4H3,(H,14,15). The van der Waals surface area contributed by atoms with Gasteiger partial charge in [0.05, 0.1) is 0 Å². The highest BCUT2D eigenvalue weighted by atomic mass is 32.2. The van der Waals surface area contributed by atoms with Gasteiger partial charge in [0, 0.05) is 6.54 Å². The zero-order chi connectivity index (χ0) is 14.8. The van der Waals surface area contributed by atoms with Crippen molar-refractivity contribution in [1.29, 1.82) is 0 Å². The average molecular weight is 305 g/mol. The van der Waals surface area contributed by atoms with E-state index in [1.54, 1.807) is 6.92 Å². The van der Waals surface area contributed by atoms with E-state index in [9.17, 15) is 13.2 Å². The summed E-state index contributed by atoms with van der Waals surface area (Å²) >= 11 is 0.785. The molecule has 1 rings (SSSR count). The molecule has 0 aliphatic heterocycles. The summed E-state index contributed by atoms with van der Waals surface area (Å²) in [7, 11) is -3.62. The van der Waals surface area contributed by atoms with Gasteiger partial charge in [-0.05, 0) is 30.4 Å². The van der Waals surface area contributed by atoms with Crippen molar-refractivity contribution in [2.75, 3.05) is 6.54 Å². The molecule has 1 heterocycles. The molecule has 1 aromatic heterocycles. The van der Waals surface area contributed by atoms with Crippen LogP contribution in [0.2, 0.25) is 0 Å². The van der Waals surface area contributed by atoms with E-state index in [0.29, 0.717) is 18.0 Å². The van der Waals surface area contributed by atoms with Crippen LogP contribution in [0.5, 0.6) is 0 Å². The van der Waals surface area contributed by atoms with Crippen molar-refractivity contribution < 1.29 is 18.3 Å². The summed E-state index contributed by atoms with van der Waals surface area (Å²) in [5.41, 5.74) is 0.467. The first-order chi connectivity index (χ1) is 8.65. The molecule has 1 unspecified atom stereocenters. The Kier molecular flexibility index (Phi) is 5.11. The molecule has 0 aliphatic rings. The molecule has 5 nitrogen and oxygen atoms in total. The van der Waals surface area contributed by atoms with Gasteiger partial charge in [0.2, 0.25) is 10.0 Å². The van der Waals surface area contributed by atoms with Gasteiger partial charge < -0.3 is 5.11 Å². The van der Waals surface area contributed by atoms with Crippen molar-refractivity contribution >= 4 is 27.3 Å². The fourth-order valence-electron chi connectivity index (χ4n) is 1.35. The Hall–Kier alpha value is -0.920. The van der Waals surface area contributed by atoms with Crippen LogP contribution in [0.25, 0.3) is 0 Å². The Morgan fingerprint density at radius 3 is 2.42 bits per heavy atom. The van der Waals surface area contributed by atoms with Crippen LogP contribution in [0.15, 0.2) is 10.3 Å². The molecule has 0 saturated heterocycles. The molecule has 19 heavy (non-hydrogen) atoms. The summed E-state index contributed by atoms with van der Waals surface area (Å²) in [4.78, 5) is 11.0. The first kappa shape index (κ1) is 16.1. The minimum atomic E-state index is -3.62. The van der Waals surface area contributed by atoms with E-state index in [-0.39, 0.29) is 15.0 Å². The van der Waals surface area contributed by atoms with Crippen LogP contribution in [-0.2, 0) is 10.0 Å². The number of carboxylic acid groups (broad SMARTS) is 1. The summed E-state index contributed by atoms with van der Waals surface area (Å²) in [6.45, 7) is 7.96. The maximum atomic E-state index is 12.1. The largest absolute Gasteiger partial charge is 0.477 e. The first-order valence-corrected chi connectivity index (χ1v) is 8.28. The molecule has 0 spiro atoms. The maximum absolute atomic E-state index is 12.1. The molecule has 1 aromatic rings. The van der Waals surface area contributed by atoms with Gasteiger partial charge in [-0.3, -0.25) is 0 Å². The number of rotatable bonds is 6. The second-order valence-corrected chi connectivity index (χ2v) is 8.00. The number of carbonyl (C=O) groups is 1. The topological polar surface area (TPSA) is 83.5 Å². The number of thiophene rings is 1. The number of sulfonamides is 1. The van der Waals surface area contributed by atoms with Crippen molar-refractivity contribution in [1.82, 2.24) is 4.72 Å². The normalized spacial score (nSPS) is 13.7. The number of carboxylic acids is 1. The average Bonchev–Trinajstić information content (AvgIpc) is 2.69. The number of hydrogen-bond donors (Lipinski definition) is 2. The van der Waals surface area contributed by atoms with Gasteiger partial charge in [0.15, 0.2) is 0 Å². The highest BCUT2D eigenvalue weighted by Crippen LogP contribution is 2.26. The lowest BCUT2D eigenvalue weighted by atomic mass is 9.99. The molecule has 0 radical (unpaired) electrons. The zero-order valence-corrected chi connectivity index (χ0v) is 13.1. The van der Waals surface area contributed by atoms with Gasteiger partial charge in [-0.15, -0.1) is 11.3 Å². The van der Waals surface area contributed by atoms with E-state index in [4.69, 9.17) is 5.11 Å². The predicted octanol–water partition coefficient (Wildman–Crippen LogP) is 2.33. The molecule has 0 bridgehead atoms. The monoisotopic (exact) mass is 305 g/mol. The SMILES string of the molecule is Cc1cc(S(=O)(=O)NCC(C)C(C)C)sc1C(=O)O. The first-order valence-electron chi connectivity index (χ1n) is 5.98. The van der Waals surface area contributed by atoms with Crippen LogP contribution in [0, 0.1) is 18.8 Å². The predicted molar refractivity (Wildman–Crippen MR) is 75.2 cm³/mol. The van der Waals surface area contributed by atoms with Gasteiger partial charge >= 0.3 is 5.97 Å². The fraction of sp³-hybridized carbons (Fsp3) is 0.583. The summed E-state index contributed by atoms with van der Waals surface area (Å²) in [5.74, 6) is -0.503. The van der Waals surface area contributed by atoms with Gasteiger partial charge in [0.1, 0.15) is 9.09 Å². The molecule has 0 aromatic carbocycles. The number of aromatic carboxylic acids is 1. The van der Waals surface area contributed by atoms with Gasteiger partial charge in [-0.1, -0.05) is 20.8 Å². The molecular formula is C12H19NO4S2. The summed E-state index contributed by atoms with van der Waals surface area (Å²) in [6, 6.07) is 1.40. The lowest BCUT2D eigenvalue weighted by molar-refractivity contribution is 0.0701. The molecular weight excluding hydrogens is 286 g/mol. The highest BCUT2D eigenvalue weighted by molar-refractivity contribution is 7.91. The molecule has 0 fully saturated rings. The number of nitrogens with one attached hydrogen (secondary N) is 1. The van der Waals surface area contributed by atoms with Crippen LogP contribution in [-0.4, -0.2) is 26.0 Å². The lowest BCUT2D eigenvalue weighted by Crippen LogP contribution is -2.29. The Morgan fingerprint density at radius 2 is 2.00 bits per heavy atom. The van der Waals surface area contributed by atoms with E-state index >= 15 is 0 Å².